The molecule has 1 saturated heterocycles. The first-order valence-electron chi connectivity index (χ1n) is 12.5. The third kappa shape index (κ3) is 4.83. The van der Waals surface area contributed by atoms with Crippen molar-refractivity contribution in [2.45, 2.75) is 81.6 Å². The van der Waals surface area contributed by atoms with Gasteiger partial charge in [-0.3, -0.25) is 19.7 Å². The molecule has 1 spiro atoms. The number of piperidine rings is 1. The highest BCUT2D eigenvalue weighted by atomic mass is 19.4. The molecule has 12 heteroatoms. The molecule has 3 fully saturated rings. The van der Waals surface area contributed by atoms with Gasteiger partial charge in [-0.2, -0.15) is 18.3 Å². The molecular formula is C25H29F4N5O3. The van der Waals surface area contributed by atoms with Crippen molar-refractivity contribution in [3.63, 3.8) is 0 Å². The third-order valence-electron chi connectivity index (χ3n) is 8.11. The van der Waals surface area contributed by atoms with E-state index in [9.17, 15) is 32.3 Å². The van der Waals surface area contributed by atoms with Crippen LogP contribution in [0.25, 0.3) is 11.3 Å². The lowest BCUT2D eigenvalue weighted by molar-refractivity contribution is -0.270. The van der Waals surface area contributed by atoms with Crippen LogP contribution < -0.4 is 5.32 Å². The van der Waals surface area contributed by atoms with Crippen LogP contribution in [0.4, 0.5) is 17.6 Å². The first-order valence-corrected chi connectivity index (χ1v) is 12.5. The number of carbonyl (C=O) groups is 2. The molecule has 2 aliphatic carbocycles. The van der Waals surface area contributed by atoms with E-state index in [1.165, 1.54) is 6.07 Å². The van der Waals surface area contributed by atoms with Crippen molar-refractivity contribution in [3.05, 3.63) is 35.5 Å². The summed E-state index contributed by atoms with van der Waals surface area (Å²) in [6.07, 6.45) is -1.91. The number of alkyl halides is 3. The number of H-pyrrole nitrogens is 1. The topological polar surface area (TPSA) is 111 Å². The predicted molar refractivity (Wildman–Crippen MR) is 124 cm³/mol. The van der Waals surface area contributed by atoms with Crippen molar-refractivity contribution in [1.29, 1.82) is 0 Å². The Bertz CT molecular complexity index is 1200. The number of nitrogens with zero attached hydrogens (tertiary/aromatic N) is 3. The van der Waals surface area contributed by atoms with Gasteiger partial charge in [0.05, 0.1) is 11.9 Å². The van der Waals surface area contributed by atoms with E-state index in [0.717, 1.165) is 19.0 Å². The molecular weight excluding hydrogens is 494 g/mol. The maximum absolute atomic E-state index is 14.2. The van der Waals surface area contributed by atoms with E-state index in [-0.39, 0.29) is 41.8 Å². The molecule has 1 aliphatic heterocycles. The van der Waals surface area contributed by atoms with Crippen LogP contribution >= 0.6 is 0 Å². The predicted octanol–water partition coefficient (Wildman–Crippen LogP) is 3.66. The zero-order valence-electron chi connectivity index (χ0n) is 20.4. The van der Waals surface area contributed by atoms with Gasteiger partial charge < -0.3 is 15.3 Å². The van der Waals surface area contributed by atoms with Gasteiger partial charge in [0.1, 0.15) is 5.69 Å². The molecule has 0 radical (unpaired) electrons. The molecule has 3 aliphatic rings. The second-order valence-electron chi connectivity index (χ2n) is 10.7. The van der Waals surface area contributed by atoms with Gasteiger partial charge in [-0.25, -0.2) is 4.39 Å². The van der Waals surface area contributed by atoms with Gasteiger partial charge in [-0.15, -0.1) is 0 Å². The van der Waals surface area contributed by atoms with Gasteiger partial charge in [0.2, 0.25) is 5.91 Å². The fourth-order valence-corrected chi connectivity index (χ4v) is 5.65. The average molecular weight is 524 g/mol. The highest BCUT2D eigenvalue weighted by Gasteiger charge is 2.56. The van der Waals surface area contributed by atoms with Gasteiger partial charge in [-0.05, 0) is 70.4 Å². The van der Waals surface area contributed by atoms with E-state index < -0.39 is 42.0 Å². The Balaban J connectivity index is 1.20. The van der Waals surface area contributed by atoms with Crippen LogP contribution in [0.15, 0.2) is 18.3 Å². The molecule has 0 unspecified atom stereocenters. The standard InChI is InChI=1S/C25H29F4N5O3/c1-14-10-17(18(26)13-30-14)19-11-20(33-32-19)22(36)34-9-4-15(12-23(34)7-8-23)21(35)31-16-2-5-24(37,6-3-16)25(27,28)29/h10-11,13,15-16,37H,2-9,12H2,1H3,(H,31,35)(H,32,33)/t15-,16?,24?/m0/s1. The van der Waals surface area contributed by atoms with E-state index in [4.69, 9.17) is 0 Å². The second kappa shape index (κ2) is 9.07. The summed E-state index contributed by atoms with van der Waals surface area (Å²) in [7, 11) is 0. The first-order chi connectivity index (χ1) is 17.4. The molecule has 0 bridgehead atoms. The zero-order valence-corrected chi connectivity index (χ0v) is 20.4. The van der Waals surface area contributed by atoms with Crippen molar-refractivity contribution in [1.82, 2.24) is 25.4 Å². The summed E-state index contributed by atoms with van der Waals surface area (Å²) in [5, 5.41) is 19.5. The number of aromatic amines is 1. The number of rotatable bonds is 4. The quantitative estimate of drug-likeness (QED) is 0.530. The fourth-order valence-electron chi connectivity index (χ4n) is 5.65. The maximum Gasteiger partial charge on any atom is 0.417 e. The monoisotopic (exact) mass is 523 g/mol. The molecule has 200 valence electrons. The van der Waals surface area contributed by atoms with E-state index in [2.05, 4.69) is 20.5 Å². The molecule has 2 aromatic heterocycles. The Morgan fingerprint density at radius 2 is 1.86 bits per heavy atom. The molecule has 2 aromatic rings. The van der Waals surface area contributed by atoms with Crippen LogP contribution in [0.2, 0.25) is 0 Å². The van der Waals surface area contributed by atoms with Crippen molar-refractivity contribution in [2.75, 3.05) is 6.54 Å². The van der Waals surface area contributed by atoms with Gasteiger partial charge in [0.15, 0.2) is 11.4 Å². The van der Waals surface area contributed by atoms with Crippen LogP contribution in [-0.2, 0) is 4.79 Å². The van der Waals surface area contributed by atoms with E-state index in [1.54, 1.807) is 17.9 Å². The summed E-state index contributed by atoms with van der Waals surface area (Å²) in [5.41, 5.74) is -1.73. The lowest BCUT2D eigenvalue weighted by atomic mass is 9.81. The minimum atomic E-state index is -4.68. The van der Waals surface area contributed by atoms with Crippen LogP contribution in [-0.4, -0.2) is 66.9 Å². The number of aromatic nitrogens is 3. The number of aliphatic hydroxyl groups is 1. The number of halogens is 4. The lowest BCUT2D eigenvalue weighted by Gasteiger charge is -2.41. The van der Waals surface area contributed by atoms with Crippen molar-refractivity contribution in [3.8, 4) is 11.3 Å². The average Bonchev–Trinajstić information content (AvgIpc) is 3.42. The van der Waals surface area contributed by atoms with Crippen LogP contribution in [0.3, 0.4) is 0 Å². The molecule has 1 atom stereocenters. The van der Waals surface area contributed by atoms with Crippen molar-refractivity contribution >= 4 is 11.8 Å². The highest BCUT2D eigenvalue weighted by Crippen LogP contribution is 2.50. The molecule has 2 amide bonds. The van der Waals surface area contributed by atoms with E-state index in [0.29, 0.717) is 30.8 Å². The number of carbonyl (C=O) groups excluding carboxylic acids is 2. The largest absolute Gasteiger partial charge is 0.417 e. The fraction of sp³-hybridized carbons (Fsp3) is 0.600. The number of hydrogen-bond donors (Lipinski definition) is 3. The minimum Gasteiger partial charge on any atom is -0.380 e. The number of hydrogen-bond acceptors (Lipinski definition) is 5. The summed E-state index contributed by atoms with van der Waals surface area (Å²) >= 11 is 0. The van der Waals surface area contributed by atoms with Gasteiger partial charge >= 0.3 is 6.18 Å². The number of amides is 2. The summed E-state index contributed by atoms with van der Waals surface area (Å²) in [5.74, 6) is -1.36. The molecule has 37 heavy (non-hydrogen) atoms. The molecule has 5 rings (SSSR count). The Morgan fingerprint density at radius 1 is 1.16 bits per heavy atom. The van der Waals surface area contributed by atoms with Gasteiger partial charge in [0, 0.05) is 35.3 Å². The van der Waals surface area contributed by atoms with Gasteiger partial charge in [0.25, 0.3) is 5.91 Å². The molecule has 2 saturated carbocycles. The number of aryl methyl sites for hydroxylation is 1. The Kier molecular flexibility index (Phi) is 6.28. The summed E-state index contributed by atoms with van der Waals surface area (Å²) in [4.78, 5) is 31.9. The highest BCUT2D eigenvalue weighted by molar-refractivity contribution is 5.94. The number of pyridine rings is 1. The van der Waals surface area contributed by atoms with Crippen LogP contribution in [0, 0.1) is 18.7 Å². The Labute approximate surface area is 210 Å². The molecule has 8 nitrogen and oxygen atoms in total. The minimum absolute atomic E-state index is 0.0595. The summed E-state index contributed by atoms with van der Waals surface area (Å²) in [6, 6.07) is 2.66. The van der Waals surface area contributed by atoms with Gasteiger partial charge in [-0.1, -0.05) is 0 Å². The lowest BCUT2D eigenvalue weighted by Crippen LogP contribution is -2.54. The normalized spacial score (nSPS) is 27.2. The second-order valence-corrected chi connectivity index (χ2v) is 10.7. The Hall–Kier alpha value is -3.02. The van der Waals surface area contributed by atoms with E-state index in [1.807, 2.05) is 0 Å². The maximum atomic E-state index is 14.2. The van der Waals surface area contributed by atoms with Crippen LogP contribution in [0.5, 0.6) is 0 Å². The third-order valence-corrected chi connectivity index (χ3v) is 8.11. The summed E-state index contributed by atoms with van der Waals surface area (Å²) < 4.78 is 53.4. The Morgan fingerprint density at radius 3 is 2.51 bits per heavy atom. The smallest absolute Gasteiger partial charge is 0.380 e. The SMILES string of the molecule is Cc1cc(-c2cc(C(=O)N3CC[C@H](C(=O)NC4CCC(O)(C(F)(F)F)CC4)CC34CC4)[nH]n2)c(F)cn1. The number of nitrogens with one attached hydrogen (secondary N) is 2. The molecule has 3 heterocycles. The zero-order chi connectivity index (χ0) is 26.6. The summed E-state index contributed by atoms with van der Waals surface area (Å²) in [6.45, 7) is 2.09. The molecule has 0 aromatic carbocycles. The number of likely N-dealkylation sites (tertiary alicyclic amines) is 1. The van der Waals surface area contributed by atoms with Crippen molar-refractivity contribution in [2.24, 2.45) is 5.92 Å². The van der Waals surface area contributed by atoms with Crippen molar-refractivity contribution < 1.29 is 32.3 Å². The van der Waals surface area contributed by atoms with Crippen LogP contribution in [0.1, 0.15) is 67.5 Å². The molecule has 3 N–H and O–H groups in total. The first kappa shape index (κ1) is 25.6. The van der Waals surface area contributed by atoms with E-state index >= 15 is 0 Å².